The van der Waals surface area contributed by atoms with E-state index in [0.717, 1.165) is 42.4 Å². The minimum Gasteiger partial charge on any atom is -0.306 e. The quantitative estimate of drug-likeness (QED) is 0.847. The third-order valence-corrected chi connectivity index (χ3v) is 4.57. The van der Waals surface area contributed by atoms with Gasteiger partial charge in [0.1, 0.15) is 0 Å². The Morgan fingerprint density at radius 2 is 2.00 bits per heavy atom. The van der Waals surface area contributed by atoms with Crippen LogP contribution in [0, 0.1) is 0 Å². The Bertz CT molecular complexity index is 494. The smallest absolute Gasteiger partial charge is 0.250 e. The molecule has 0 saturated carbocycles. The van der Waals surface area contributed by atoms with Crippen molar-refractivity contribution < 1.29 is 4.79 Å². The van der Waals surface area contributed by atoms with Gasteiger partial charge in [-0.15, -0.1) is 11.8 Å². The number of amides is 1. The third-order valence-electron chi connectivity index (χ3n) is 3.32. The predicted octanol–water partition coefficient (Wildman–Crippen LogP) is 2.77. The van der Waals surface area contributed by atoms with Crippen LogP contribution in [0.5, 0.6) is 0 Å². The van der Waals surface area contributed by atoms with Gasteiger partial charge in [0.05, 0.1) is 5.75 Å². The van der Waals surface area contributed by atoms with Gasteiger partial charge in [-0.2, -0.15) is 5.10 Å². The first kappa shape index (κ1) is 16.3. The predicted molar refractivity (Wildman–Crippen MR) is 89.9 cm³/mol. The highest BCUT2D eigenvalue weighted by Gasteiger charge is 2.11. The maximum Gasteiger partial charge on any atom is 0.250 e. The zero-order valence-electron chi connectivity index (χ0n) is 12.1. The Hall–Kier alpha value is -1.04. The molecule has 2 rings (SSSR count). The van der Waals surface area contributed by atoms with Crippen LogP contribution in [-0.2, 0) is 10.5 Å². The van der Waals surface area contributed by atoms with Crippen LogP contribution < -0.4 is 5.43 Å². The number of halogens is 1. The number of benzene rings is 1. The van der Waals surface area contributed by atoms with Crippen molar-refractivity contribution in [3.63, 3.8) is 0 Å². The van der Waals surface area contributed by atoms with Crippen molar-refractivity contribution in [2.24, 2.45) is 5.10 Å². The van der Waals surface area contributed by atoms with E-state index in [1.807, 2.05) is 24.3 Å². The van der Waals surface area contributed by atoms with Gasteiger partial charge in [-0.05, 0) is 24.7 Å². The first-order chi connectivity index (χ1) is 10.1. The zero-order chi connectivity index (χ0) is 15.1. The van der Waals surface area contributed by atoms with Gasteiger partial charge in [0.2, 0.25) is 5.91 Å². The number of rotatable bonds is 5. The Balaban J connectivity index is 1.65. The molecule has 1 saturated heterocycles. The fourth-order valence-corrected chi connectivity index (χ4v) is 2.91. The zero-order valence-corrected chi connectivity index (χ0v) is 13.7. The van der Waals surface area contributed by atoms with Crippen LogP contribution in [-0.4, -0.2) is 42.4 Å². The summed E-state index contributed by atoms with van der Waals surface area (Å²) in [5.74, 6) is 1.17. The van der Waals surface area contributed by atoms with Gasteiger partial charge in [0, 0.05) is 42.4 Å². The van der Waals surface area contributed by atoms with Crippen LogP contribution >= 0.6 is 23.4 Å². The van der Waals surface area contributed by atoms with Crippen LogP contribution in [0.2, 0.25) is 5.02 Å². The summed E-state index contributed by atoms with van der Waals surface area (Å²) in [4.78, 5) is 14.0. The minimum absolute atomic E-state index is 0.0413. The molecule has 4 nitrogen and oxygen atoms in total. The molecule has 0 spiro atoms. The van der Waals surface area contributed by atoms with E-state index in [1.165, 1.54) is 5.56 Å². The number of carbonyl (C=O) groups is 1. The van der Waals surface area contributed by atoms with Gasteiger partial charge >= 0.3 is 0 Å². The fourth-order valence-electron chi connectivity index (χ4n) is 2.00. The summed E-state index contributed by atoms with van der Waals surface area (Å²) in [7, 11) is 2.10. The van der Waals surface area contributed by atoms with Gasteiger partial charge in [0.25, 0.3) is 0 Å². The minimum atomic E-state index is -0.0413. The summed E-state index contributed by atoms with van der Waals surface area (Å²) < 4.78 is 0. The Kier molecular flexibility index (Phi) is 6.54. The molecule has 1 amide bonds. The van der Waals surface area contributed by atoms with E-state index in [9.17, 15) is 4.79 Å². The van der Waals surface area contributed by atoms with Crippen molar-refractivity contribution >= 4 is 35.0 Å². The molecule has 0 atom stereocenters. The van der Waals surface area contributed by atoms with Crippen molar-refractivity contribution in [3.8, 4) is 0 Å². The van der Waals surface area contributed by atoms with Crippen LogP contribution in [0.1, 0.15) is 18.4 Å². The molecule has 114 valence electrons. The van der Waals surface area contributed by atoms with Gasteiger partial charge in [-0.1, -0.05) is 23.7 Å². The molecule has 6 heteroatoms. The van der Waals surface area contributed by atoms with E-state index in [0.29, 0.717) is 5.75 Å². The lowest BCUT2D eigenvalue weighted by Crippen LogP contribution is -2.32. The highest BCUT2D eigenvalue weighted by Crippen LogP contribution is 2.15. The number of nitrogens with zero attached hydrogens (tertiary/aromatic N) is 2. The molecule has 1 fully saturated rings. The number of likely N-dealkylation sites (tertiary alicyclic amines) is 1. The van der Waals surface area contributed by atoms with E-state index in [2.05, 4.69) is 22.5 Å². The van der Waals surface area contributed by atoms with Gasteiger partial charge < -0.3 is 4.90 Å². The number of piperidine rings is 1. The van der Waals surface area contributed by atoms with Crippen molar-refractivity contribution in [1.29, 1.82) is 0 Å². The molecule has 0 radical (unpaired) electrons. The summed E-state index contributed by atoms with van der Waals surface area (Å²) in [6.45, 7) is 2.03. The second kappa shape index (κ2) is 8.41. The molecule has 1 aliphatic heterocycles. The number of hydrogen-bond acceptors (Lipinski definition) is 4. The highest BCUT2D eigenvalue weighted by molar-refractivity contribution is 7.99. The summed E-state index contributed by atoms with van der Waals surface area (Å²) in [5, 5.41) is 4.95. The monoisotopic (exact) mass is 325 g/mol. The summed E-state index contributed by atoms with van der Waals surface area (Å²) in [6, 6.07) is 7.69. The van der Waals surface area contributed by atoms with Gasteiger partial charge in [-0.3, -0.25) is 4.79 Å². The maximum absolute atomic E-state index is 11.7. The van der Waals surface area contributed by atoms with E-state index < -0.39 is 0 Å². The molecule has 1 aliphatic rings. The number of hydrogen-bond donors (Lipinski definition) is 1. The lowest BCUT2D eigenvalue weighted by atomic mass is 10.1. The number of carbonyl (C=O) groups excluding carboxylic acids is 1. The van der Waals surface area contributed by atoms with Crippen LogP contribution in [0.4, 0.5) is 0 Å². The second-order valence-electron chi connectivity index (χ2n) is 5.14. The fraction of sp³-hybridized carbons (Fsp3) is 0.467. The Labute approximate surface area is 134 Å². The van der Waals surface area contributed by atoms with Crippen molar-refractivity contribution in [1.82, 2.24) is 10.3 Å². The molecular formula is C15H20ClN3OS. The third kappa shape index (κ3) is 6.08. The van der Waals surface area contributed by atoms with Gasteiger partial charge in [0.15, 0.2) is 0 Å². The molecule has 21 heavy (non-hydrogen) atoms. The molecule has 0 bridgehead atoms. The maximum atomic E-state index is 11.7. The van der Waals surface area contributed by atoms with E-state index in [4.69, 9.17) is 11.6 Å². The van der Waals surface area contributed by atoms with Crippen molar-refractivity contribution in [3.05, 3.63) is 34.9 Å². The SMILES string of the molecule is CN1CCC(=NNC(=O)CSCc2ccc(Cl)cc2)CC1. The summed E-state index contributed by atoms with van der Waals surface area (Å²) in [6.07, 6.45) is 1.88. The average Bonchev–Trinajstić information content (AvgIpc) is 2.49. The molecule has 0 aromatic heterocycles. The Morgan fingerprint density at radius 1 is 1.33 bits per heavy atom. The van der Waals surface area contributed by atoms with Crippen molar-refractivity contribution in [2.75, 3.05) is 25.9 Å². The van der Waals surface area contributed by atoms with E-state index >= 15 is 0 Å². The molecule has 1 aromatic rings. The normalized spacial score (nSPS) is 15.8. The Morgan fingerprint density at radius 3 is 2.67 bits per heavy atom. The highest BCUT2D eigenvalue weighted by atomic mass is 35.5. The number of nitrogens with one attached hydrogen (secondary N) is 1. The topological polar surface area (TPSA) is 44.7 Å². The molecule has 1 heterocycles. The molecule has 1 N–H and O–H groups in total. The molecule has 0 unspecified atom stereocenters. The lowest BCUT2D eigenvalue weighted by molar-refractivity contribution is -0.118. The first-order valence-corrected chi connectivity index (χ1v) is 8.52. The van der Waals surface area contributed by atoms with Crippen LogP contribution in [0.15, 0.2) is 29.4 Å². The molecule has 1 aromatic carbocycles. The largest absolute Gasteiger partial charge is 0.306 e. The van der Waals surface area contributed by atoms with E-state index in [-0.39, 0.29) is 5.91 Å². The molecule has 0 aliphatic carbocycles. The molecular weight excluding hydrogens is 306 g/mol. The van der Waals surface area contributed by atoms with Crippen LogP contribution in [0.3, 0.4) is 0 Å². The van der Waals surface area contributed by atoms with Crippen molar-refractivity contribution in [2.45, 2.75) is 18.6 Å². The van der Waals surface area contributed by atoms with E-state index in [1.54, 1.807) is 11.8 Å². The number of hydrazone groups is 1. The summed E-state index contributed by atoms with van der Waals surface area (Å²) in [5.41, 5.74) is 4.90. The average molecular weight is 326 g/mol. The van der Waals surface area contributed by atoms with Crippen LogP contribution in [0.25, 0.3) is 0 Å². The van der Waals surface area contributed by atoms with Gasteiger partial charge in [-0.25, -0.2) is 5.43 Å². The lowest BCUT2D eigenvalue weighted by Gasteiger charge is -2.22. The summed E-state index contributed by atoms with van der Waals surface area (Å²) >= 11 is 7.41. The second-order valence-corrected chi connectivity index (χ2v) is 6.56. The standard InChI is InChI=1S/C15H20ClN3OS/c1-19-8-6-14(7-9-19)17-18-15(20)11-21-10-12-2-4-13(16)5-3-12/h2-5H,6-11H2,1H3,(H,18,20). The first-order valence-electron chi connectivity index (χ1n) is 6.98. The number of thioether (sulfide) groups is 1.